The Morgan fingerprint density at radius 1 is 1.32 bits per heavy atom. The lowest BCUT2D eigenvalue weighted by Gasteiger charge is -2.26. The number of carbonyl (C=O) groups is 1. The molecule has 1 aromatic rings. The predicted molar refractivity (Wildman–Crippen MR) is 79.3 cm³/mol. The molecule has 2 aliphatic heterocycles. The molecule has 0 bridgehead atoms. The molecule has 8 nitrogen and oxygen atoms in total. The summed E-state index contributed by atoms with van der Waals surface area (Å²) >= 11 is 0. The van der Waals surface area contributed by atoms with Gasteiger partial charge in [0.05, 0.1) is 18.7 Å². The van der Waals surface area contributed by atoms with Gasteiger partial charge in [0.25, 0.3) is 0 Å². The van der Waals surface area contributed by atoms with E-state index in [2.05, 4.69) is 15.5 Å². The van der Waals surface area contributed by atoms with E-state index in [0.717, 1.165) is 30.6 Å². The van der Waals surface area contributed by atoms with Gasteiger partial charge in [-0.15, -0.1) is 5.10 Å². The van der Waals surface area contributed by atoms with Crippen LogP contribution in [0.2, 0.25) is 0 Å². The van der Waals surface area contributed by atoms with Crippen molar-refractivity contribution in [1.82, 2.24) is 30.0 Å². The lowest BCUT2D eigenvalue weighted by Crippen LogP contribution is -2.44. The first-order valence-electron chi connectivity index (χ1n) is 8.25. The van der Waals surface area contributed by atoms with Crippen LogP contribution in [0.5, 0.6) is 0 Å². The molecule has 2 saturated heterocycles. The topological polar surface area (TPSA) is 76.4 Å². The van der Waals surface area contributed by atoms with Crippen LogP contribution in [-0.2, 0) is 22.6 Å². The molecule has 0 N–H and O–H groups in total. The quantitative estimate of drug-likeness (QED) is 0.757. The molecule has 3 heterocycles. The van der Waals surface area contributed by atoms with Crippen LogP contribution in [0.15, 0.2) is 0 Å². The highest BCUT2D eigenvalue weighted by molar-refractivity contribution is 5.82. The summed E-state index contributed by atoms with van der Waals surface area (Å²) in [5.41, 5.74) is 0. The molecule has 0 saturated carbocycles. The third-order valence-corrected chi connectivity index (χ3v) is 4.68. The number of hydrogen-bond acceptors (Lipinski definition) is 6. The van der Waals surface area contributed by atoms with Gasteiger partial charge in [-0.2, -0.15) is 13.2 Å². The zero-order valence-corrected chi connectivity index (χ0v) is 13.9. The highest BCUT2D eigenvalue weighted by Crippen LogP contribution is 2.25. The molecule has 11 heteroatoms. The molecule has 2 fully saturated rings. The van der Waals surface area contributed by atoms with E-state index in [9.17, 15) is 18.0 Å². The summed E-state index contributed by atoms with van der Waals surface area (Å²) in [6.45, 7) is 0.744. The molecular weight excluding hydrogens is 341 g/mol. The second kappa shape index (κ2) is 7.24. The number of methoxy groups -OCH3 is 1. The Morgan fingerprint density at radius 3 is 2.68 bits per heavy atom. The molecule has 0 aromatic carbocycles. The molecule has 0 aliphatic carbocycles. The highest BCUT2D eigenvalue weighted by atomic mass is 19.4. The molecule has 0 radical (unpaired) electrons. The Balaban J connectivity index is 1.73. The van der Waals surface area contributed by atoms with Crippen molar-refractivity contribution in [2.45, 2.75) is 50.7 Å². The minimum atomic E-state index is -4.41. The predicted octanol–water partition coefficient (Wildman–Crippen LogP) is 0.447. The van der Waals surface area contributed by atoms with E-state index >= 15 is 0 Å². The van der Waals surface area contributed by atoms with E-state index in [0.29, 0.717) is 13.0 Å². The van der Waals surface area contributed by atoms with E-state index in [1.807, 2.05) is 9.80 Å². The fourth-order valence-corrected chi connectivity index (χ4v) is 3.42. The smallest absolute Gasteiger partial charge is 0.380 e. The Hall–Kier alpha value is -1.75. The van der Waals surface area contributed by atoms with Crippen molar-refractivity contribution in [1.29, 1.82) is 0 Å². The number of amides is 1. The number of tetrazole rings is 1. The van der Waals surface area contributed by atoms with Gasteiger partial charge in [-0.25, -0.2) is 4.68 Å². The molecule has 0 unspecified atom stereocenters. The maximum absolute atomic E-state index is 12.8. The van der Waals surface area contributed by atoms with Crippen molar-refractivity contribution in [3.63, 3.8) is 0 Å². The van der Waals surface area contributed by atoms with Gasteiger partial charge >= 0.3 is 6.18 Å². The van der Waals surface area contributed by atoms with Crippen molar-refractivity contribution in [2.24, 2.45) is 0 Å². The van der Waals surface area contributed by atoms with E-state index in [4.69, 9.17) is 4.74 Å². The second-order valence-electron chi connectivity index (χ2n) is 6.44. The summed E-state index contributed by atoms with van der Waals surface area (Å²) in [4.78, 5) is 16.4. The average molecular weight is 362 g/mol. The van der Waals surface area contributed by atoms with Gasteiger partial charge < -0.3 is 9.64 Å². The maximum Gasteiger partial charge on any atom is 0.408 e. The fraction of sp³-hybridized carbons (Fsp3) is 0.857. The van der Waals surface area contributed by atoms with Crippen LogP contribution in [0.25, 0.3) is 0 Å². The van der Waals surface area contributed by atoms with Gasteiger partial charge in [0, 0.05) is 26.7 Å². The summed E-state index contributed by atoms with van der Waals surface area (Å²) < 4.78 is 44.0. The second-order valence-corrected chi connectivity index (χ2v) is 6.44. The highest BCUT2D eigenvalue weighted by Gasteiger charge is 2.40. The van der Waals surface area contributed by atoms with Gasteiger partial charge in [0.15, 0.2) is 5.82 Å². The largest absolute Gasteiger partial charge is 0.408 e. The molecule has 25 heavy (non-hydrogen) atoms. The lowest BCUT2D eigenvalue weighted by molar-refractivity contribution is -0.144. The average Bonchev–Trinajstić information content (AvgIpc) is 3.27. The maximum atomic E-state index is 12.8. The monoisotopic (exact) mass is 362 g/mol. The third kappa shape index (κ3) is 4.27. The number of alkyl halides is 3. The van der Waals surface area contributed by atoms with Crippen LogP contribution in [0.3, 0.4) is 0 Å². The molecular formula is C14H21F3N6O2. The SMILES string of the molecule is CO[C@H]1C[C@@H](C(=O)N2CCCC2)N(Cc2nnnn2CC(F)(F)F)C1. The van der Waals surface area contributed by atoms with Gasteiger partial charge in [-0.05, 0) is 29.7 Å². The van der Waals surface area contributed by atoms with Gasteiger partial charge in [0.1, 0.15) is 6.54 Å². The minimum absolute atomic E-state index is 0.00639. The Labute approximate surface area is 142 Å². The summed E-state index contributed by atoms with van der Waals surface area (Å²) in [7, 11) is 1.57. The van der Waals surface area contributed by atoms with Crippen molar-refractivity contribution in [2.75, 3.05) is 26.7 Å². The molecule has 2 atom stereocenters. The van der Waals surface area contributed by atoms with Crippen molar-refractivity contribution < 1.29 is 22.7 Å². The molecule has 1 aromatic heterocycles. The standard InChI is InChI=1S/C14H21F3N6O2/c1-25-10-6-11(13(24)21-4-2-3-5-21)22(7-10)8-12-18-19-20-23(12)9-14(15,16)17/h10-11H,2-9H2,1H3/t10-,11-/m0/s1. The Morgan fingerprint density at radius 2 is 2.04 bits per heavy atom. The zero-order valence-electron chi connectivity index (χ0n) is 13.9. The Bertz CT molecular complexity index is 602. The van der Waals surface area contributed by atoms with E-state index in [1.165, 1.54) is 0 Å². The first kappa shape index (κ1) is 18.1. The zero-order chi connectivity index (χ0) is 18.0. The van der Waals surface area contributed by atoms with Crippen molar-refractivity contribution in [3.8, 4) is 0 Å². The normalized spacial score (nSPS) is 25.0. The summed E-state index contributed by atoms with van der Waals surface area (Å²) in [6, 6.07) is -0.418. The minimum Gasteiger partial charge on any atom is -0.380 e. The fourth-order valence-electron chi connectivity index (χ4n) is 3.42. The first-order chi connectivity index (χ1) is 11.9. The van der Waals surface area contributed by atoms with Crippen molar-refractivity contribution in [3.05, 3.63) is 5.82 Å². The number of rotatable bonds is 5. The lowest BCUT2D eigenvalue weighted by atomic mass is 10.1. The number of aromatic nitrogens is 4. The van der Waals surface area contributed by atoms with Crippen LogP contribution in [-0.4, -0.2) is 81.0 Å². The molecule has 0 spiro atoms. The molecule has 2 aliphatic rings. The van der Waals surface area contributed by atoms with Gasteiger partial charge in [-0.1, -0.05) is 0 Å². The van der Waals surface area contributed by atoms with Crippen LogP contribution < -0.4 is 0 Å². The molecule has 3 rings (SSSR count). The van der Waals surface area contributed by atoms with Crippen LogP contribution >= 0.6 is 0 Å². The number of hydrogen-bond donors (Lipinski definition) is 0. The third-order valence-electron chi connectivity index (χ3n) is 4.68. The first-order valence-corrected chi connectivity index (χ1v) is 8.25. The number of carbonyl (C=O) groups excluding carboxylic acids is 1. The summed E-state index contributed by atoms with van der Waals surface area (Å²) in [5.74, 6) is 0.0974. The summed E-state index contributed by atoms with van der Waals surface area (Å²) in [6.07, 6.45) is -2.06. The van der Waals surface area contributed by atoms with Crippen molar-refractivity contribution >= 4 is 5.91 Å². The number of ether oxygens (including phenoxy) is 1. The molecule has 140 valence electrons. The van der Waals surface area contributed by atoms with Gasteiger partial charge in [-0.3, -0.25) is 9.69 Å². The summed E-state index contributed by atoms with van der Waals surface area (Å²) in [5, 5.41) is 10.5. The van der Waals surface area contributed by atoms with E-state index in [1.54, 1.807) is 7.11 Å². The van der Waals surface area contributed by atoms with E-state index < -0.39 is 18.8 Å². The van der Waals surface area contributed by atoms with Gasteiger partial charge in [0.2, 0.25) is 5.91 Å². The number of nitrogens with zero attached hydrogens (tertiary/aromatic N) is 6. The van der Waals surface area contributed by atoms with Crippen LogP contribution in [0.1, 0.15) is 25.1 Å². The Kier molecular flexibility index (Phi) is 5.23. The van der Waals surface area contributed by atoms with Crippen LogP contribution in [0.4, 0.5) is 13.2 Å². The van der Waals surface area contributed by atoms with E-state index in [-0.39, 0.29) is 24.4 Å². The number of likely N-dealkylation sites (tertiary alicyclic amines) is 2. The molecule has 1 amide bonds. The van der Waals surface area contributed by atoms with Crippen LogP contribution in [0, 0.1) is 0 Å². The number of halogens is 3.